The van der Waals surface area contributed by atoms with E-state index in [1.807, 2.05) is 6.08 Å². The third kappa shape index (κ3) is 46.9. The zero-order chi connectivity index (χ0) is 55.8. The lowest BCUT2D eigenvalue weighted by molar-refractivity contribution is -0.302. The van der Waals surface area contributed by atoms with Gasteiger partial charge in [-0.2, -0.15) is 0 Å². The molecule has 1 amide bonds. The molecule has 6 N–H and O–H groups in total. The van der Waals surface area contributed by atoms with Gasteiger partial charge in [-0.3, -0.25) is 4.79 Å². The maximum absolute atomic E-state index is 13.1. The maximum Gasteiger partial charge on any atom is 0.220 e. The van der Waals surface area contributed by atoms with Gasteiger partial charge in [-0.1, -0.05) is 334 Å². The highest BCUT2D eigenvalue weighted by atomic mass is 16.7. The number of nitrogens with one attached hydrogen (secondary N) is 1. The Morgan fingerprint density at radius 1 is 0.429 bits per heavy atom. The van der Waals surface area contributed by atoms with Crippen LogP contribution < -0.4 is 5.32 Å². The van der Waals surface area contributed by atoms with E-state index in [-0.39, 0.29) is 12.5 Å². The van der Waals surface area contributed by atoms with Crippen LogP contribution in [0.1, 0.15) is 348 Å². The third-order valence-corrected chi connectivity index (χ3v) is 16.5. The second-order valence-electron chi connectivity index (χ2n) is 24.0. The Morgan fingerprint density at radius 3 is 1.09 bits per heavy atom. The number of rotatable bonds is 60. The van der Waals surface area contributed by atoms with Crippen molar-refractivity contribution in [3.8, 4) is 0 Å². The van der Waals surface area contributed by atoms with Crippen LogP contribution in [-0.4, -0.2) is 87.5 Å². The predicted molar refractivity (Wildman–Crippen MR) is 327 cm³/mol. The summed E-state index contributed by atoms with van der Waals surface area (Å²) < 4.78 is 11.3. The molecule has 1 heterocycles. The predicted octanol–water partition coefficient (Wildman–Crippen LogP) is 18.1. The van der Waals surface area contributed by atoms with E-state index in [2.05, 4.69) is 31.3 Å². The number of hydrogen-bond donors (Lipinski definition) is 6. The van der Waals surface area contributed by atoms with Crippen molar-refractivity contribution in [1.82, 2.24) is 5.32 Å². The minimum Gasteiger partial charge on any atom is -0.394 e. The molecule has 9 heteroatoms. The number of allylic oxidation sites excluding steroid dienone is 3. The van der Waals surface area contributed by atoms with E-state index in [0.29, 0.717) is 6.42 Å². The van der Waals surface area contributed by atoms with Crippen molar-refractivity contribution in [1.29, 1.82) is 0 Å². The van der Waals surface area contributed by atoms with Gasteiger partial charge in [0.1, 0.15) is 24.4 Å². The van der Waals surface area contributed by atoms with Crippen molar-refractivity contribution in [2.75, 3.05) is 13.2 Å². The van der Waals surface area contributed by atoms with Crippen molar-refractivity contribution in [2.45, 2.75) is 391 Å². The van der Waals surface area contributed by atoms with Crippen LogP contribution in [0.2, 0.25) is 0 Å². The number of carbonyl (C=O) groups excluding carboxylic acids is 1. The fourth-order valence-electron chi connectivity index (χ4n) is 11.2. The molecule has 1 saturated heterocycles. The Kier molecular flexibility index (Phi) is 55.4. The van der Waals surface area contributed by atoms with E-state index in [9.17, 15) is 30.3 Å². The minimum atomic E-state index is -1.57. The lowest BCUT2D eigenvalue weighted by Crippen LogP contribution is -2.60. The molecule has 0 spiro atoms. The monoisotopic (exact) mass is 1090 g/mol. The van der Waals surface area contributed by atoms with Crippen LogP contribution in [0.4, 0.5) is 0 Å². The molecule has 0 aromatic rings. The summed E-state index contributed by atoms with van der Waals surface area (Å²) in [5, 5.41) is 54.7. The van der Waals surface area contributed by atoms with Gasteiger partial charge < -0.3 is 40.3 Å². The highest BCUT2D eigenvalue weighted by Crippen LogP contribution is 2.23. The molecule has 0 aliphatic carbocycles. The zero-order valence-corrected chi connectivity index (χ0v) is 51.0. The third-order valence-electron chi connectivity index (χ3n) is 16.5. The first-order valence-corrected chi connectivity index (χ1v) is 34.1. The van der Waals surface area contributed by atoms with Crippen LogP contribution in [0.5, 0.6) is 0 Å². The number of carbonyl (C=O) groups is 1. The summed E-state index contributed by atoms with van der Waals surface area (Å²) in [5.74, 6) is -0.179. The lowest BCUT2D eigenvalue weighted by Gasteiger charge is -2.40. The summed E-state index contributed by atoms with van der Waals surface area (Å²) in [6.45, 7) is 3.82. The molecular weight excluding hydrogens is 959 g/mol. The molecule has 77 heavy (non-hydrogen) atoms. The molecule has 0 bridgehead atoms. The average molecular weight is 1090 g/mol. The first-order chi connectivity index (χ1) is 37.8. The normalized spacial score (nSPS) is 18.8. The van der Waals surface area contributed by atoms with Gasteiger partial charge in [-0.05, 0) is 32.1 Å². The zero-order valence-electron chi connectivity index (χ0n) is 51.0. The SMILES string of the molecule is CCCCCCCCCCCCCCCCCCCCCCCCCCC/C=C/CC/C=C/C(O)C(COC1OC(CO)C(O)C(O)C1O)NC(=O)CCCCCCCCCCCCCCCCCCCCCCCCC. The van der Waals surface area contributed by atoms with Gasteiger partial charge in [0.25, 0.3) is 0 Å². The molecule has 1 fully saturated rings. The summed E-state index contributed by atoms with van der Waals surface area (Å²) in [7, 11) is 0. The smallest absolute Gasteiger partial charge is 0.220 e. The molecule has 456 valence electrons. The molecule has 1 aliphatic rings. The van der Waals surface area contributed by atoms with Crippen LogP contribution in [0.3, 0.4) is 0 Å². The minimum absolute atomic E-state index is 0.179. The second-order valence-corrected chi connectivity index (χ2v) is 24.0. The lowest BCUT2D eigenvalue weighted by atomic mass is 9.99. The van der Waals surface area contributed by atoms with E-state index in [1.54, 1.807) is 6.08 Å². The number of aliphatic hydroxyl groups excluding tert-OH is 5. The quantitative estimate of drug-likeness (QED) is 0.0261. The largest absolute Gasteiger partial charge is 0.394 e. The molecule has 7 unspecified atom stereocenters. The number of unbranched alkanes of at least 4 members (excludes halogenated alkanes) is 48. The fraction of sp³-hybridized carbons (Fsp3) is 0.926. The van der Waals surface area contributed by atoms with Crippen LogP contribution in [-0.2, 0) is 14.3 Å². The van der Waals surface area contributed by atoms with Crippen molar-refractivity contribution in [2.24, 2.45) is 0 Å². The average Bonchev–Trinajstić information content (AvgIpc) is 3.43. The Hall–Kier alpha value is -1.33. The molecule has 0 aromatic carbocycles. The number of aliphatic hydroxyl groups is 5. The van der Waals surface area contributed by atoms with Crippen molar-refractivity contribution in [3.63, 3.8) is 0 Å². The summed E-state index contributed by atoms with van der Waals surface area (Å²) in [5.41, 5.74) is 0. The number of ether oxygens (including phenoxy) is 2. The Bertz CT molecular complexity index is 1260. The van der Waals surface area contributed by atoms with Crippen LogP contribution in [0.15, 0.2) is 24.3 Å². The summed E-state index contributed by atoms with van der Waals surface area (Å²) in [6.07, 6.45) is 68.6. The van der Waals surface area contributed by atoms with Crippen LogP contribution in [0, 0.1) is 0 Å². The first-order valence-electron chi connectivity index (χ1n) is 34.1. The van der Waals surface area contributed by atoms with Gasteiger partial charge in [0, 0.05) is 6.42 Å². The maximum atomic E-state index is 13.1. The van der Waals surface area contributed by atoms with E-state index in [1.165, 1.54) is 289 Å². The van der Waals surface area contributed by atoms with Crippen molar-refractivity contribution < 1.29 is 39.8 Å². The molecule has 1 aliphatic heterocycles. The standard InChI is InChI=1S/C68H131NO8/c1-3-5-7-9-11-13-15-17-19-21-23-25-27-28-29-30-31-32-33-34-36-37-39-41-43-45-47-49-51-53-55-57-62(71)61(60-76-68-67(75)66(74)65(73)63(59-70)77-68)69-64(72)58-56-54-52-50-48-46-44-42-40-38-35-26-24-22-20-18-16-14-12-10-8-6-4-2/h47,49,55,57,61-63,65-68,70-71,73-75H,3-46,48,50-54,56,58-60H2,1-2H3,(H,69,72)/b49-47+,57-55+. The van der Waals surface area contributed by atoms with Gasteiger partial charge >= 0.3 is 0 Å². The van der Waals surface area contributed by atoms with Gasteiger partial charge in [0.2, 0.25) is 5.91 Å². The molecule has 1 rings (SSSR count). The van der Waals surface area contributed by atoms with Gasteiger partial charge in [0.05, 0.1) is 25.4 Å². The van der Waals surface area contributed by atoms with E-state index in [4.69, 9.17) is 9.47 Å². The van der Waals surface area contributed by atoms with Crippen molar-refractivity contribution in [3.05, 3.63) is 24.3 Å². The summed E-state index contributed by atoms with van der Waals surface area (Å²) in [6, 6.07) is -0.820. The molecule has 7 atom stereocenters. The van der Waals surface area contributed by atoms with E-state index in [0.717, 1.165) is 38.5 Å². The molecular formula is C68H131NO8. The number of amides is 1. The summed E-state index contributed by atoms with van der Waals surface area (Å²) in [4.78, 5) is 13.1. The van der Waals surface area contributed by atoms with Gasteiger partial charge in [0.15, 0.2) is 6.29 Å². The molecule has 0 saturated carbocycles. The molecule has 9 nitrogen and oxygen atoms in total. The Morgan fingerprint density at radius 2 is 0.740 bits per heavy atom. The highest BCUT2D eigenvalue weighted by Gasteiger charge is 2.44. The first kappa shape index (κ1) is 73.7. The summed E-state index contributed by atoms with van der Waals surface area (Å²) >= 11 is 0. The fourth-order valence-corrected chi connectivity index (χ4v) is 11.2. The molecule has 0 aromatic heterocycles. The highest BCUT2D eigenvalue weighted by molar-refractivity contribution is 5.76. The second kappa shape index (κ2) is 57.9. The van der Waals surface area contributed by atoms with Crippen LogP contribution >= 0.6 is 0 Å². The van der Waals surface area contributed by atoms with Crippen LogP contribution in [0.25, 0.3) is 0 Å². The number of hydrogen-bond acceptors (Lipinski definition) is 8. The topological polar surface area (TPSA) is 149 Å². The van der Waals surface area contributed by atoms with E-state index >= 15 is 0 Å². The van der Waals surface area contributed by atoms with Gasteiger partial charge in [-0.25, -0.2) is 0 Å². The van der Waals surface area contributed by atoms with E-state index < -0.39 is 49.5 Å². The Labute approximate surface area is 477 Å². The molecule has 0 radical (unpaired) electrons. The Balaban J connectivity index is 2.15. The van der Waals surface area contributed by atoms with Crippen molar-refractivity contribution >= 4 is 5.91 Å². The van der Waals surface area contributed by atoms with Gasteiger partial charge in [-0.15, -0.1) is 0 Å².